The zero-order chi connectivity index (χ0) is 12.2. The summed E-state index contributed by atoms with van der Waals surface area (Å²) in [5, 5.41) is 8.84. The van der Waals surface area contributed by atoms with Crippen LogP contribution in [-0.2, 0) is 4.74 Å². The molecule has 16 heavy (non-hydrogen) atoms. The fourth-order valence-corrected chi connectivity index (χ4v) is 1.53. The maximum atomic E-state index is 11.8. The Hall–Kier alpha value is -0.980. The predicted octanol–water partition coefficient (Wildman–Crippen LogP) is 1.39. The lowest BCUT2D eigenvalue weighted by atomic mass is 9.98. The summed E-state index contributed by atoms with van der Waals surface area (Å²) in [7, 11) is 0. The van der Waals surface area contributed by atoms with E-state index < -0.39 is 18.9 Å². The number of rotatable bonds is 2. The summed E-state index contributed by atoms with van der Waals surface area (Å²) in [4.78, 5) is 12.4. The maximum absolute atomic E-state index is 11.8. The highest BCUT2D eigenvalue weighted by molar-refractivity contribution is 5.67. The number of piperidine rings is 1. The van der Waals surface area contributed by atoms with E-state index in [0.717, 1.165) is 0 Å². The Balaban J connectivity index is 2.28. The minimum atomic E-state index is -4.49. The molecule has 0 saturated carbocycles. The molecule has 0 radical (unpaired) electrons. The van der Waals surface area contributed by atoms with E-state index in [2.05, 4.69) is 4.74 Å². The van der Waals surface area contributed by atoms with Gasteiger partial charge >= 0.3 is 12.3 Å². The van der Waals surface area contributed by atoms with E-state index in [0.29, 0.717) is 25.9 Å². The molecule has 0 aromatic carbocycles. The zero-order valence-corrected chi connectivity index (χ0v) is 8.66. The third-order valence-corrected chi connectivity index (χ3v) is 2.49. The van der Waals surface area contributed by atoms with Gasteiger partial charge in [-0.2, -0.15) is 13.2 Å². The van der Waals surface area contributed by atoms with Crippen LogP contribution in [0.15, 0.2) is 0 Å². The minimum absolute atomic E-state index is 0.0471. The van der Waals surface area contributed by atoms with Crippen LogP contribution in [-0.4, -0.2) is 48.6 Å². The van der Waals surface area contributed by atoms with Crippen molar-refractivity contribution in [1.29, 1.82) is 0 Å². The zero-order valence-electron chi connectivity index (χ0n) is 8.66. The van der Waals surface area contributed by atoms with Gasteiger partial charge in [0.2, 0.25) is 0 Å². The Morgan fingerprint density at radius 1 is 1.38 bits per heavy atom. The van der Waals surface area contributed by atoms with Crippen molar-refractivity contribution in [2.24, 2.45) is 5.92 Å². The largest absolute Gasteiger partial charge is 0.440 e. The monoisotopic (exact) mass is 241 g/mol. The summed E-state index contributed by atoms with van der Waals surface area (Å²) in [5.74, 6) is 0.131. The van der Waals surface area contributed by atoms with Crippen molar-refractivity contribution >= 4 is 6.09 Å². The van der Waals surface area contributed by atoms with Crippen molar-refractivity contribution < 1.29 is 27.8 Å². The molecule has 1 aliphatic heterocycles. The highest BCUT2D eigenvalue weighted by atomic mass is 19.4. The van der Waals surface area contributed by atoms with Crippen molar-refractivity contribution in [1.82, 2.24) is 4.90 Å². The van der Waals surface area contributed by atoms with Gasteiger partial charge in [-0.15, -0.1) is 0 Å². The van der Waals surface area contributed by atoms with Crippen LogP contribution >= 0.6 is 0 Å². The highest BCUT2D eigenvalue weighted by Gasteiger charge is 2.31. The van der Waals surface area contributed by atoms with Crippen LogP contribution in [0.25, 0.3) is 0 Å². The number of aliphatic hydroxyl groups excluding tert-OH is 1. The van der Waals surface area contributed by atoms with Crippen LogP contribution in [0.5, 0.6) is 0 Å². The van der Waals surface area contributed by atoms with Crippen LogP contribution < -0.4 is 0 Å². The van der Waals surface area contributed by atoms with Gasteiger partial charge in [0.1, 0.15) is 0 Å². The summed E-state index contributed by atoms with van der Waals surface area (Å²) in [6.07, 6.45) is -4.23. The number of nitrogens with zero attached hydrogens (tertiary/aromatic N) is 1. The molecular formula is C9H14F3NO3. The Labute approximate surface area is 91.0 Å². The summed E-state index contributed by atoms with van der Waals surface area (Å²) in [6, 6.07) is 0. The SMILES string of the molecule is O=C(OCC(F)(F)F)N1CCC(CO)CC1. The first-order valence-corrected chi connectivity index (χ1v) is 5.01. The predicted molar refractivity (Wildman–Crippen MR) is 48.8 cm³/mol. The van der Waals surface area contributed by atoms with Gasteiger partial charge in [-0.1, -0.05) is 0 Å². The van der Waals surface area contributed by atoms with E-state index in [4.69, 9.17) is 5.11 Å². The maximum Gasteiger partial charge on any atom is 0.422 e. The van der Waals surface area contributed by atoms with Gasteiger partial charge in [-0.05, 0) is 18.8 Å². The number of amides is 1. The van der Waals surface area contributed by atoms with Gasteiger partial charge in [0, 0.05) is 19.7 Å². The molecule has 1 N–H and O–H groups in total. The second kappa shape index (κ2) is 5.38. The summed E-state index contributed by atoms with van der Waals surface area (Å²) in [5.41, 5.74) is 0. The molecule has 1 aliphatic rings. The second-order valence-electron chi connectivity index (χ2n) is 3.78. The number of ether oxygens (including phenoxy) is 1. The number of likely N-dealkylation sites (tertiary alicyclic amines) is 1. The van der Waals surface area contributed by atoms with Crippen molar-refractivity contribution in [3.8, 4) is 0 Å². The molecular weight excluding hydrogens is 227 g/mol. The first kappa shape index (κ1) is 13.1. The van der Waals surface area contributed by atoms with Crippen LogP contribution in [0, 0.1) is 5.92 Å². The lowest BCUT2D eigenvalue weighted by Gasteiger charge is -2.30. The van der Waals surface area contributed by atoms with Gasteiger partial charge in [0.15, 0.2) is 6.61 Å². The van der Waals surface area contributed by atoms with Gasteiger partial charge < -0.3 is 14.7 Å². The molecule has 0 unspecified atom stereocenters. The first-order valence-electron chi connectivity index (χ1n) is 5.01. The third-order valence-electron chi connectivity index (χ3n) is 2.49. The van der Waals surface area contributed by atoms with Crippen molar-refractivity contribution in [3.05, 3.63) is 0 Å². The lowest BCUT2D eigenvalue weighted by molar-refractivity contribution is -0.162. The summed E-state index contributed by atoms with van der Waals surface area (Å²) in [6.45, 7) is -0.832. The summed E-state index contributed by atoms with van der Waals surface area (Å²) >= 11 is 0. The number of hydrogen-bond donors (Lipinski definition) is 1. The molecule has 94 valence electrons. The number of carbonyl (C=O) groups is 1. The standard InChI is InChI=1S/C9H14F3NO3/c10-9(11,12)6-16-8(15)13-3-1-7(5-14)2-4-13/h7,14H,1-6H2. The van der Waals surface area contributed by atoms with E-state index >= 15 is 0 Å². The molecule has 7 heteroatoms. The van der Waals surface area contributed by atoms with Crippen molar-refractivity contribution in [3.63, 3.8) is 0 Å². The number of alkyl halides is 3. The summed E-state index contributed by atoms with van der Waals surface area (Å²) < 4.78 is 39.4. The molecule has 1 saturated heterocycles. The van der Waals surface area contributed by atoms with Crippen LogP contribution in [0.4, 0.5) is 18.0 Å². The van der Waals surface area contributed by atoms with E-state index in [1.54, 1.807) is 0 Å². The van der Waals surface area contributed by atoms with E-state index in [9.17, 15) is 18.0 Å². The Morgan fingerprint density at radius 2 is 1.94 bits per heavy atom. The first-order chi connectivity index (χ1) is 7.42. The topological polar surface area (TPSA) is 49.8 Å². The van der Waals surface area contributed by atoms with E-state index in [1.807, 2.05) is 0 Å². The van der Waals surface area contributed by atoms with Gasteiger partial charge in [0.25, 0.3) is 0 Å². The molecule has 0 bridgehead atoms. The molecule has 1 heterocycles. The van der Waals surface area contributed by atoms with Gasteiger partial charge in [-0.25, -0.2) is 4.79 Å². The molecule has 0 aromatic rings. The van der Waals surface area contributed by atoms with Gasteiger partial charge in [0.05, 0.1) is 0 Å². The number of halogens is 3. The second-order valence-corrected chi connectivity index (χ2v) is 3.78. The third kappa shape index (κ3) is 4.26. The van der Waals surface area contributed by atoms with E-state index in [-0.39, 0.29) is 12.5 Å². The van der Waals surface area contributed by atoms with Crippen LogP contribution in [0.2, 0.25) is 0 Å². The molecule has 0 atom stereocenters. The normalized spacial score (nSPS) is 18.6. The molecule has 0 aromatic heterocycles. The van der Waals surface area contributed by atoms with Gasteiger partial charge in [-0.3, -0.25) is 0 Å². The average molecular weight is 241 g/mol. The Kier molecular flexibility index (Phi) is 4.40. The van der Waals surface area contributed by atoms with E-state index in [1.165, 1.54) is 4.90 Å². The number of carbonyl (C=O) groups excluding carboxylic acids is 1. The van der Waals surface area contributed by atoms with Crippen molar-refractivity contribution in [2.75, 3.05) is 26.3 Å². The van der Waals surface area contributed by atoms with Crippen LogP contribution in [0.1, 0.15) is 12.8 Å². The Morgan fingerprint density at radius 3 is 2.38 bits per heavy atom. The smallest absolute Gasteiger partial charge is 0.422 e. The molecule has 0 aliphatic carbocycles. The number of aliphatic hydroxyl groups is 1. The molecule has 1 amide bonds. The molecule has 0 spiro atoms. The fraction of sp³-hybridized carbons (Fsp3) is 0.889. The molecule has 1 rings (SSSR count). The van der Waals surface area contributed by atoms with Crippen molar-refractivity contribution in [2.45, 2.75) is 19.0 Å². The Bertz CT molecular complexity index is 237. The molecule has 4 nitrogen and oxygen atoms in total. The minimum Gasteiger partial charge on any atom is -0.440 e. The lowest BCUT2D eigenvalue weighted by Crippen LogP contribution is -2.40. The fourth-order valence-electron chi connectivity index (χ4n) is 1.53. The highest BCUT2D eigenvalue weighted by Crippen LogP contribution is 2.19. The molecule has 1 fully saturated rings. The average Bonchev–Trinajstić information content (AvgIpc) is 2.25. The quantitative estimate of drug-likeness (QED) is 0.794. The van der Waals surface area contributed by atoms with Crippen LogP contribution in [0.3, 0.4) is 0 Å². The number of hydrogen-bond acceptors (Lipinski definition) is 3.